The summed E-state index contributed by atoms with van der Waals surface area (Å²) in [6, 6.07) is 13.3. The second kappa shape index (κ2) is 10.8. The van der Waals surface area contributed by atoms with Crippen LogP contribution in [-0.4, -0.2) is 35.8 Å². The zero-order valence-corrected chi connectivity index (χ0v) is 18.9. The van der Waals surface area contributed by atoms with Crippen molar-refractivity contribution in [2.45, 2.75) is 51.5 Å². The molecule has 166 valence electrons. The minimum absolute atomic E-state index is 0.0120. The van der Waals surface area contributed by atoms with Crippen LogP contribution in [0.15, 0.2) is 48.5 Å². The molecule has 0 bridgehead atoms. The van der Waals surface area contributed by atoms with E-state index in [4.69, 9.17) is 11.6 Å². The van der Waals surface area contributed by atoms with Crippen LogP contribution in [0.25, 0.3) is 0 Å². The van der Waals surface area contributed by atoms with Crippen LogP contribution in [0.3, 0.4) is 0 Å². The van der Waals surface area contributed by atoms with Gasteiger partial charge in [0.15, 0.2) is 0 Å². The molecule has 0 aliphatic carbocycles. The Morgan fingerprint density at radius 1 is 1.16 bits per heavy atom. The smallest absolute Gasteiger partial charge is 0.245 e. The maximum Gasteiger partial charge on any atom is 0.245 e. The average Bonchev–Trinajstić information content (AvgIpc) is 2.77. The van der Waals surface area contributed by atoms with Gasteiger partial charge in [-0.25, -0.2) is 4.39 Å². The number of benzene rings is 2. The molecule has 2 atom stereocenters. The lowest BCUT2D eigenvalue weighted by atomic mass is 9.88. The van der Waals surface area contributed by atoms with E-state index >= 15 is 0 Å². The minimum Gasteiger partial charge on any atom is -0.344 e. The highest BCUT2D eigenvalue weighted by Gasteiger charge is 2.32. The first-order valence-corrected chi connectivity index (χ1v) is 11.3. The standard InChI is InChI=1S/C25H30ClFN2O2/c1-3-17(2)24(28-23(30)16-18-5-4-6-22(27)15-18)25(31)29-13-11-20(12-14-29)19-7-9-21(26)10-8-19/h4-10,15,17,20,24H,3,11-14,16H2,1-2H3,(H,28,30)/t17-,24-/m1/s1. The average molecular weight is 445 g/mol. The molecule has 0 unspecified atom stereocenters. The van der Waals surface area contributed by atoms with E-state index in [1.54, 1.807) is 12.1 Å². The Kier molecular flexibility index (Phi) is 8.08. The fraction of sp³-hybridized carbons (Fsp3) is 0.440. The van der Waals surface area contributed by atoms with E-state index in [0.29, 0.717) is 24.6 Å². The normalized spacial score (nSPS) is 16.6. The Labute approximate surface area is 188 Å². The van der Waals surface area contributed by atoms with E-state index in [2.05, 4.69) is 17.4 Å². The van der Waals surface area contributed by atoms with Crippen LogP contribution in [-0.2, 0) is 16.0 Å². The fourth-order valence-electron chi connectivity index (χ4n) is 4.10. The van der Waals surface area contributed by atoms with Crippen LogP contribution in [0, 0.1) is 11.7 Å². The first-order valence-electron chi connectivity index (χ1n) is 11.0. The summed E-state index contributed by atoms with van der Waals surface area (Å²) < 4.78 is 13.4. The van der Waals surface area contributed by atoms with E-state index in [9.17, 15) is 14.0 Å². The number of carbonyl (C=O) groups excluding carboxylic acids is 2. The Balaban J connectivity index is 1.60. The van der Waals surface area contributed by atoms with Gasteiger partial charge in [-0.2, -0.15) is 0 Å². The molecule has 0 radical (unpaired) electrons. The molecule has 1 N–H and O–H groups in total. The van der Waals surface area contributed by atoms with Gasteiger partial charge in [-0.05, 0) is 60.1 Å². The first-order chi connectivity index (χ1) is 14.9. The molecule has 0 saturated carbocycles. The third-order valence-corrected chi connectivity index (χ3v) is 6.45. The molecule has 0 spiro atoms. The van der Waals surface area contributed by atoms with Crippen molar-refractivity contribution in [2.75, 3.05) is 13.1 Å². The van der Waals surface area contributed by atoms with Crippen molar-refractivity contribution in [3.05, 3.63) is 70.5 Å². The first kappa shape index (κ1) is 23.3. The van der Waals surface area contributed by atoms with E-state index in [-0.39, 0.29) is 30.0 Å². The van der Waals surface area contributed by atoms with Gasteiger partial charge in [0.05, 0.1) is 6.42 Å². The summed E-state index contributed by atoms with van der Waals surface area (Å²) in [6.45, 7) is 5.32. The van der Waals surface area contributed by atoms with Crippen molar-refractivity contribution in [2.24, 2.45) is 5.92 Å². The molecule has 1 aliphatic rings. The summed E-state index contributed by atoms with van der Waals surface area (Å²) >= 11 is 5.99. The van der Waals surface area contributed by atoms with Gasteiger partial charge in [0, 0.05) is 18.1 Å². The van der Waals surface area contributed by atoms with Crippen LogP contribution in [0.2, 0.25) is 5.02 Å². The molecule has 1 aliphatic heterocycles. The molecule has 2 aromatic rings. The maximum atomic E-state index is 13.4. The van der Waals surface area contributed by atoms with Crippen molar-refractivity contribution in [1.82, 2.24) is 10.2 Å². The summed E-state index contributed by atoms with van der Waals surface area (Å²) in [4.78, 5) is 27.7. The Morgan fingerprint density at radius 2 is 1.84 bits per heavy atom. The third-order valence-electron chi connectivity index (χ3n) is 6.20. The maximum absolute atomic E-state index is 13.4. The molecule has 1 heterocycles. The molecule has 2 amide bonds. The van der Waals surface area contributed by atoms with Crippen LogP contribution in [0.5, 0.6) is 0 Å². The number of carbonyl (C=O) groups is 2. The highest BCUT2D eigenvalue weighted by atomic mass is 35.5. The lowest BCUT2D eigenvalue weighted by molar-refractivity contribution is -0.138. The SMILES string of the molecule is CC[C@@H](C)[C@@H](NC(=O)Cc1cccc(F)c1)C(=O)N1CCC(c2ccc(Cl)cc2)CC1. The van der Waals surface area contributed by atoms with E-state index in [0.717, 1.165) is 24.3 Å². The molecule has 3 rings (SSSR count). The molecule has 6 heteroatoms. The van der Waals surface area contributed by atoms with Gasteiger partial charge >= 0.3 is 0 Å². The van der Waals surface area contributed by atoms with Crippen LogP contribution in [0.1, 0.15) is 50.2 Å². The summed E-state index contributed by atoms with van der Waals surface area (Å²) in [5, 5.41) is 3.64. The zero-order valence-electron chi connectivity index (χ0n) is 18.1. The van der Waals surface area contributed by atoms with Crippen molar-refractivity contribution in [3.63, 3.8) is 0 Å². The molecular formula is C25H30ClFN2O2. The van der Waals surface area contributed by atoms with E-state index in [1.807, 2.05) is 30.9 Å². The van der Waals surface area contributed by atoms with Crippen LogP contribution >= 0.6 is 11.6 Å². The number of nitrogens with zero attached hydrogens (tertiary/aromatic N) is 1. The number of hydrogen-bond acceptors (Lipinski definition) is 2. The van der Waals surface area contributed by atoms with Gasteiger partial charge in [0.1, 0.15) is 11.9 Å². The molecule has 0 aromatic heterocycles. The van der Waals surface area contributed by atoms with E-state index in [1.165, 1.54) is 17.7 Å². The summed E-state index contributed by atoms with van der Waals surface area (Å²) in [6.07, 6.45) is 2.60. The van der Waals surface area contributed by atoms with Crippen LogP contribution < -0.4 is 5.32 Å². The van der Waals surface area contributed by atoms with Crippen LogP contribution in [0.4, 0.5) is 4.39 Å². The number of nitrogens with one attached hydrogen (secondary N) is 1. The van der Waals surface area contributed by atoms with Gasteiger partial charge in [-0.1, -0.05) is 56.1 Å². The minimum atomic E-state index is -0.571. The largest absolute Gasteiger partial charge is 0.344 e. The fourth-order valence-corrected chi connectivity index (χ4v) is 4.23. The molecule has 2 aromatic carbocycles. The van der Waals surface area contributed by atoms with Crippen molar-refractivity contribution in [1.29, 1.82) is 0 Å². The predicted octanol–water partition coefficient (Wildman–Crippen LogP) is 4.96. The lowest BCUT2D eigenvalue weighted by Gasteiger charge is -2.36. The quantitative estimate of drug-likeness (QED) is 0.656. The summed E-state index contributed by atoms with van der Waals surface area (Å²) in [5.41, 5.74) is 1.84. The number of rotatable bonds is 7. The summed E-state index contributed by atoms with van der Waals surface area (Å²) in [7, 11) is 0. The number of halogens is 2. The van der Waals surface area contributed by atoms with Gasteiger partial charge in [-0.3, -0.25) is 9.59 Å². The van der Waals surface area contributed by atoms with Crippen molar-refractivity contribution >= 4 is 23.4 Å². The molecule has 1 saturated heterocycles. The number of hydrogen-bond donors (Lipinski definition) is 1. The number of amides is 2. The Hall–Kier alpha value is -2.40. The number of piperidine rings is 1. The topological polar surface area (TPSA) is 49.4 Å². The van der Waals surface area contributed by atoms with Crippen molar-refractivity contribution < 1.29 is 14.0 Å². The van der Waals surface area contributed by atoms with Gasteiger partial charge in [-0.15, -0.1) is 0 Å². The van der Waals surface area contributed by atoms with Gasteiger partial charge < -0.3 is 10.2 Å². The molecule has 31 heavy (non-hydrogen) atoms. The predicted molar refractivity (Wildman–Crippen MR) is 121 cm³/mol. The molecular weight excluding hydrogens is 415 g/mol. The monoisotopic (exact) mass is 444 g/mol. The van der Waals surface area contributed by atoms with Gasteiger partial charge in [0.25, 0.3) is 0 Å². The third kappa shape index (κ3) is 6.30. The number of likely N-dealkylation sites (tertiary alicyclic amines) is 1. The second-order valence-electron chi connectivity index (χ2n) is 8.39. The highest BCUT2D eigenvalue weighted by molar-refractivity contribution is 6.30. The molecule has 4 nitrogen and oxygen atoms in total. The lowest BCUT2D eigenvalue weighted by Crippen LogP contribution is -2.53. The highest BCUT2D eigenvalue weighted by Crippen LogP contribution is 2.29. The molecule has 1 fully saturated rings. The van der Waals surface area contributed by atoms with E-state index < -0.39 is 6.04 Å². The van der Waals surface area contributed by atoms with Gasteiger partial charge in [0.2, 0.25) is 11.8 Å². The Morgan fingerprint density at radius 3 is 2.45 bits per heavy atom. The van der Waals surface area contributed by atoms with Crippen molar-refractivity contribution in [3.8, 4) is 0 Å². The Bertz CT molecular complexity index is 895. The zero-order chi connectivity index (χ0) is 22.4. The second-order valence-corrected chi connectivity index (χ2v) is 8.82. The summed E-state index contributed by atoms with van der Waals surface area (Å²) in [5.74, 6) is -0.246.